The van der Waals surface area contributed by atoms with Gasteiger partial charge in [0, 0.05) is 17.7 Å². The van der Waals surface area contributed by atoms with Gasteiger partial charge in [-0.1, -0.05) is 29.3 Å². The molecule has 0 aliphatic rings. The number of fused-ring (bicyclic) bond motifs is 1. The van der Waals surface area contributed by atoms with Gasteiger partial charge in [-0.25, -0.2) is 9.78 Å². The predicted molar refractivity (Wildman–Crippen MR) is 118 cm³/mol. The van der Waals surface area contributed by atoms with Crippen molar-refractivity contribution < 1.29 is 18.8 Å². The lowest BCUT2D eigenvalue weighted by Crippen LogP contribution is -2.15. The molecule has 162 valence electrons. The largest absolute Gasteiger partial charge is 0.456 e. The lowest BCUT2D eigenvalue weighted by Gasteiger charge is -2.10. The first-order valence-electron chi connectivity index (χ1n) is 9.64. The summed E-state index contributed by atoms with van der Waals surface area (Å²) >= 11 is 6.19. The Labute approximate surface area is 187 Å². The van der Waals surface area contributed by atoms with E-state index in [0.717, 1.165) is 10.1 Å². The maximum atomic E-state index is 12.5. The number of carbonyl (C=O) groups excluding carboxylic acids is 2. The van der Waals surface area contributed by atoms with Crippen molar-refractivity contribution in [2.75, 3.05) is 5.32 Å². The van der Waals surface area contributed by atoms with Gasteiger partial charge >= 0.3 is 5.97 Å². The highest BCUT2D eigenvalue weighted by molar-refractivity contribution is 6.34. The van der Waals surface area contributed by atoms with Gasteiger partial charge in [0.2, 0.25) is 0 Å². The van der Waals surface area contributed by atoms with E-state index < -0.39 is 11.5 Å². The highest BCUT2D eigenvalue weighted by Crippen LogP contribution is 2.24. The van der Waals surface area contributed by atoms with Gasteiger partial charge in [0.05, 0.1) is 22.0 Å². The van der Waals surface area contributed by atoms with Crippen LogP contribution in [0.15, 0.2) is 63.9 Å². The molecule has 1 N–H and O–H groups in total. The predicted octanol–water partition coefficient (Wildman–Crippen LogP) is 4.17. The molecule has 0 saturated carbocycles. The van der Waals surface area contributed by atoms with Crippen LogP contribution in [0, 0.1) is 13.8 Å². The van der Waals surface area contributed by atoms with Crippen LogP contribution in [0.4, 0.5) is 5.69 Å². The van der Waals surface area contributed by atoms with E-state index in [4.69, 9.17) is 20.9 Å². The molecule has 9 heteroatoms. The fourth-order valence-corrected chi connectivity index (χ4v) is 3.26. The Morgan fingerprint density at radius 2 is 1.91 bits per heavy atom. The topological polar surface area (TPSA) is 103 Å². The zero-order valence-electron chi connectivity index (χ0n) is 17.2. The third-order valence-corrected chi connectivity index (χ3v) is 4.94. The molecule has 0 aliphatic heterocycles. The van der Waals surface area contributed by atoms with Gasteiger partial charge in [0.15, 0.2) is 5.65 Å². The first-order chi connectivity index (χ1) is 15.3. The summed E-state index contributed by atoms with van der Waals surface area (Å²) in [7, 11) is 0. The van der Waals surface area contributed by atoms with Crippen LogP contribution in [0.1, 0.15) is 37.7 Å². The quantitative estimate of drug-likeness (QED) is 0.457. The summed E-state index contributed by atoms with van der Waals surface area (Å²) in [5.41, 5.74) is 2.07. The van der Waals surface area contributed by atoms with E-state index in [2.05, 4.69) is 10.3 Å². The van der Waals surface area contributed by atoms with Crippen LogP contribution in [-0.4, -0.2) is 21.4 Å². The molecule has 0 bridgehead atoms. The van der Waals surface area contributed by atoms with Gasteiger partial charge < -0.3 is 14.6 Å². The van der Waals surface area contributed by atoms with Crippen molar-refractivity contribution in [3.63, 3.8) is 0 Å². The first kappa shape index (κ1) is 21.3. The molecule has 1 amide bonds. The Bertz CT molecular complexity index is 1410. The molecule has 4 aromatic rings. The zero-order valence-corrected chi connectivity index (χ0v) is 18.0. The van der Waals surface area contributed by atoms with Crippen LogP contribution < -0.4 is 10.9 Å². The number of halogens is 1. The smallest absolute Gasteiger partial charge is 0.338 e. The number of hydrogen-bond acceptors (Lipinski definition) is 6. The second-order valence-corrected chi connectivity index (χ2v) is 7.59. The number of hydrogen-bond donors (Lipinski definition) is 1. The Balaban J connectivity index is 1.48. The van der Waals surface area contributed by atoms with Crippen molar-refractivity contribution in [1.29, 1.82) is 0 Å². The molecule has 8 nitrogen and oxygen atoms in total. The molecule has 2 aromatic heterocycles. The van der Waals surface area contributed by atoms with E-state index >= 15 is 0 Å². The number of ether oxygens (including phenoxy) is 1. The van der Waals surface area contributed by atoms with Crippen LogP contribution >= 0.6 is 11.6 Å². The van der Waals surface area contributed by atoms with Gasteiger partial charge in [0.1, 0.15) is 12.4 Å². The molecule has 2 aromatic carbocycles. The molecule has 0 spiro atoms. The molecule has 0 aliphatic carbocycles. The van der Waals surface area contributed by atoms with Crippen molar-refractivity contribution in [2.24, 2.45) is 0 Å². The van der Waals surface area contributed by atoms with Crippen molar-refractivity contribution in [3.8, 4) is 0 Å². The molecular weight excluding hydrogens is 434 g/mol. The van der Waals surface area contributed by atoms with Crippen molar-refractivity contribution in [2.45, 2.75) is 20.5 Å². The lowest BCUT2D eigenvalue weighted by atomic mass is 10.1. The highest BCUT2D eigenvalue weighted by Gasteiger charge is 2.15. The molecule has 0 saturated heterocycles. The third-order valence-electron chi connectivity index (χ3n) is 4.61. The molecule has 32 heavy (non-hydrogen) atoms. The summed E-state index contributed by atoms with van der Waals surface area (Å²) in [5.74, 6) is -0.474. The number of amides is 1. The summed E-state index contributed by atoms with van der Waals surface area (Å²) in [4.78, 5) is 41.4. The molecule has 0 radical (unpaired) electrons. The Kier molecular flexibility index (Phi) is 5.79. The van der Waals surface area contributed by atoms with Gasteiger partial charge in [-0.2, -0.15) is 0 Å². The van der Waals surface area contributed by atoms with Gasteiger partial charge in [0.25, 0.3) is 11.5 Å². The number of anilines is 1. The van der Waals surface area contributed by atoms with Gasteiger partial charge in [-0.15, -0.1) is 4.57 Å². The van der Waals surface area contributed by atoms with E-state index in [0.29, 0.717) is 17.0 Å². The number of aromatic nitrogens is 2. The third kappa shape index (κ3) is 4.55. The fraction of sp³-hybridized carbons (Fsp3) is 0.130. The van der Waals surface area contributed by atoms with Crippen LogP contribution in [0.5, 0.6) is 0 Å². The van der Waals surface area contributed by atoms with Crippen molar-refractivity contribution in [1.82, 2.24) is 9.56 Å². The number of nitrogens with one attached hydrogen (secondary N) is 1. The highest BCUT2D eigenvalue weighted by atomic mass is 35.5. The molecule has 0 fully saturated rings. The second kappa shape index (κ2) is 8.68. The van der Waals surface area contributed by atoms with Gasteiger partial charge in [-0.3, -0.25) is 9.59 Å². The van der Waals surface area contributed by atoms with Crippen LogP contribution in [-0.2, 0) is 11.3 Å². The van der Waals surface area contributed by atoms with Crippen LogP contribution in [0.25, 0.3) is 5.65 Å². The Morgan fingerprint density at radius 1 is 1.09 bits per heavy atom. The zero-order chi connectivity index (χ0) is 22.8. The summed E-state index contributed by atoms with van der Waals surface area (Å²) in [6.45, 7) is 3.38. The number of carbonyl (C=O) groups is 2. The molecule has 2 heterocycles. The molecule has 0 atom stereocenters. The lowest BCUT2D eigenvalue weighted by molar-refractivity contribution is 0.0467. The standard InChI is InChI=1S/C23H18ClN3O5/c1-13-4-3-5-15(8-13)22(29)26-19-10-16(6-7-18(19)24)23(30)31-12-17-11-21(28)27-20(25-17)9-14(2)32-27/h3-11H,12H2,1-2H3,(H,26,29). The minimum Gasteiger partial charge on any atom is -0.456 e. The Morgan fingerprint density at radius 3 is 2.69 bits per heavy atom. The van der Waals surface area contributed by atoms with Crippen molar-refractivity contribution in [3.05, 3.63) is 98.1 Å². The number of rotatable bonds is 5. The molecule has 4 rings (SSSR count). The average molecular weight is 452 g/mol. The summed E-state index contributed by atoms with van der Waals surface area (Å²) < 4.78 is 11.6. The number of esters is 1. The number of nitrogens with zero attached hydrogens (tertiary/aromatic N) is 2. The fourth-order valence-electron chi connectivity index (χ4n) is 3.10. The van der Waals surface area contributed by atoms with E-state index in [1.54, 1.807) is 31.2 Å². The molecule has 0 unspecified atom stereocenters. The molecular formula is C23H18ClN3O5. The number of aryl methyl sites for hydroxylation is 2. The van der Waals surface area contributed by atoms with E-state index in [1.165, 1.54) is 24.3 Å². The summed E-state index contributed by atoms with van der Waals surface area (Å²) in [6.07, 6.45) is 0. The maximum absolute atomic E-state index is 12.5. The summed E-state index contributed by atoms with van der Waals surface area (Å²) in [6, 6.07) is 14.3. The van der Waals surface area contributed by atoms with Crippen LogP contribution in [0.3, 0.4) is 0 Å². The van der Waals surface area contributed by atoms with E-state index in [1.807, 2.05) is 13.0 Å². The van der Waals surface area contributed by atoms with E-state index in [-0.39, 0.29) is 34.5 Å². The first-order valence-corrected chi connectivity index (χ1v) is 10.0. The van der Waals surface area contributed by atoms with Gasteiger partial charge in [-0.05, 0) is 44.2 Å². The maximum Gasteiger partial charge on any atom is 0.338 e. The number of benzene rings is 2. The average Bonchev–Trinajstić information content (AvgIpc) is 3.14. The Hall–Kier alpha value is -3.91. The minimum atomic E-state index is -0.655. The normalized spacial score (nSPS) is 10.8. The van der Waals surface area contributed by atoms with Crippen LogP contribution in [0.2, 0.25) is 5.02 Å². The van der Waals surface area contributed by atoms with E-state index in [9.17, 15) is 14.4 Å². The minimum absolute atomic E-state index is 0.186. The van der Waals surface area contributed by atoms with Crippen molar-refractivity contribution >= 4 is 34.8 Å². The second-order valence-electron chi connectivity index (χ2n) is 7.18. The summed E-state index contributed by atoms with van der Waals surface area (Å²) in [5, 5.41) is 2.98. The monoisotopic (exact) mass is 451 g/mol. The SMILES string of the molecule is Cc1cccc(C(=O)Nc2cc(C(=O)OCc3cc(=O)n4oc(C)cc4n3)ccc2Cl)c1.